The van der Waals surface area contributed by atoms with Gasteiger partial charge in [0.15, 0.2) is 5.82 Å². The van der Waals surface area contributed by atoms with E-state index < -0.39 is 0 Å². The van der Waals surface area contributed by atoms with E-state index in [-0.39, 0.29) is 17.2 Å². The zero-order valence-corrected chi connectivity index (χ0v) is 17.0. The summed E-state index contributed by atoms with van der Waals surface area (Å²) in [6, 6.07) is 14.3. The highest BCUT2D eigenvalue weighted by atomic mass is 32.2. The number of nitrogens with one attached hydrogen (secondary N) is 1. The molecule has 0 saturated heterocycles. The van der Waals surface area contributed by atoms with Gasteiger partial charge in [-0.05, 0) is 43.7 Å². The van der Waals surface area contributed by atoms with Gasteiger partial charge in [-0.15, -0.1) is 21.5 Å². The van der Waals surface area contributed by atoms with Crippen LogP contribution in [-0.4, -0.2) is 32.1 Å². The van der Waals surface area contributed by atoms with Crippen LogP contribution < -0.4 is 11.2 Å². The fraction of sp³-hybridized carbons (Fsp3) is 0.316. The van der Waals surface area contributed by atoms with E-state index in [1.54, 1.807) is 11.3 Å². The molecular formula is C19H23N5OS2. The van der Waals surface area contributed by atoms with Gasteiger partial charge < -0.3 is 11.2 Å². The number of nitrogens with two attached hydrogens (primary N) is 1. The largest absolute Gasteiger partial charge is 0.353 e. The third-order valence-corrected chi connectivity index (χ3v) is 6.08. The molecule has 2 atom stereocenters. The van der Waals surface area contributed by atoms with Crippen molar-refractivity contribution >= 4 is 29.0 Å². The number of nitrogen functional groups attached to an aromatic ring is 1. The first-order valence-corrected chi connectivity index (χ1v) is 10.6. The Morgan fingerprint density at radius 2 is 2.00 bits per heavy atom. The number of amides is 1. The zero-order valence-electron chi connectivity index (χ0n) is 15.3. The minimum Gasteiger partial charge on any atom is -0.353 e. The van der Waals surface area contributed by atoms with Gasteiger partial charge in [0.2, 0.25) is 11.1 Å². The number of hydrogen-bond donors (Lipinski definition) is 2. The van der Waals surface area contributed by atoms with Crippen LogP contribution >= 0.6 is 23.1 Å². The molecule has 6 nitrogen and oxygen atoms in total. The molecule has 0 saturated carbocycles. The summed E-state index contributed by atoms with van der Waals surface area (Å²) in [6.07, 6.45) is 1.83. The Labute approximate surface area is 167 Å². The minimum absolute atomic E-state index is 0.0266. The molecule has 2 aromatic heterocycles. The summed E-state index contributed by atoms with van der Waals surface area (Å²) >= 11 is 2.86. The van der Waals surface area contributed by atoms with Gasteiger partial charge in [0, 0.05) is 6.04 Å². The van der Waals surface area contributed by atoms with E-state index in [0.29, 0.717) is 11.0 Å². The van der Waals surface area contributed by atoms with Crippen molar-refractivity contribution < 1.29 is 4.79 Å². The number of rotatable bonds is 8. The van der Waals surface area contributed by atoms with Gasteiger partial charge in [-0.3, -0.25) is 4.79 Å². The number of nitrogens with zero attached hydrogens (tertiary/aromatic N) is 3. The van der Waals surface area contributed by atoms with Crippen LogP contribution in [0.3, 0.4) is 0 Å². The molecule has 8 heteroatoms. The lowest BCUT2D eigenvalue weighted by molar-refractivity contribution is -0.120. The molecule has 2 unspecified atom stereocenters. The topological polar surface area (TPSA) is 85.8 Å². The van der Waals surface area contributed by atoms with Crippen LogP contribution in [0.2, 0.25) is 0 Å². The van der Waals surface area contributed by atoms with Crippen LogP contribution in [-0.2, 0) is 11.2 Å². The smallest absolute Gasteiger partial charge is 0.233 e. The number of aryl methyl sites for hydroxylation is 1. The second-order valence-electron chi connectivity index (χ2n) is 6.35. The SMILES string of the molecule is CC(CCc1ccccc1)NC(=O)C(C)Sc1nnc(-c2cccs2)n1N. The third kappa shape index (κ3) is 5.11. The first-order valence-electron chi connectivity index (χ1n) is 8.80. The second-order valence-corrected chi connectivity index (χ2v) is 8.60. The lowest BCUT2D eigenvalue weighted by atomic mass is 10.1. The highest BCUT2D eigenvalue weighted by Crippen LogP contribution is 2.27. The highest BCUT2D eigenvalue weighted by molar-refractivity contribution is 8.00. The molecular weight excluding hydrogens is 378 g/mol. The number of carbonyl (C=O) groups is 1. The summed E-state index contributed by atoms with van der Waals surface area (Å²) in [5.41, 5.74) is 1.28. The van der Waals surface area contributed by atoms with Crippen molar-refractivity contribution in [1.29, 1.82) is 0 Å². The molecule has 0 spiro atoms. The Kier molecular flexibility index (Phi) is 6.52. The molecule has 3 rings (SSSR count). The van der Waals surface area contributed by atoms with Crippen molar-refractivity contribution in [3.63, 3.8) is 0 Å². The number of aromatic nitrogens is 3. The summed E-state index contributed by atoms with van der Waals surface area (Å²) in [5.74, 6) is 6.68. The Balaban J connectivity index is 1.52. The van der Waals surface area contributed by atoms with Crippen molar-refractivity contribution in [3.8, 4) is 10.7 Å². The predicted octanol–water partition coefficient (Wildman–Crippen LogP) is 3.34. The summed E-state index contributed by atoms with van der Waals surface area (Å²) in [6.45, 7) is 3.88. The first kappa shape index (κ1) is 19.4. The average molecular weight is 402 g/mol. The lowest BCUT2D eigenvalue weighted by Gasteiger charge is -2.17. The van der Waals surface area contributed by atoms with E-state index >= 15 is 0 Å². The fourth-order valence-electron chi connectivity index (χ4n) is 2.60. The fourth-order valence-corrected chi connectivity index (χ4v) is 4.09. The van der Waals surface area contributed by atoms with E-state index in [1.807, 2.05) is 49.6 Å². The van der Waals surface area contributed by atoms with Crippen molar-refractivity contribution in [1.82, 2.24) is 20.2 Å². The molecule has 0 bridgehead atoms. The summed E-state index contributed by atoms with van der Waals surface area (Å²) in [4.78, 5) is 13.4. The Hall–Kier alpha value is -2.32. The number of thioether (sulfide) groups is 1. The number of thiophene rings is 1. The Bertz CT molecular complexity index is 864. The quantitative estimate of drug-likeness (QED) is 0.447. The summed E-state index contributed by atoms with van der Waals surface area (Å²) in [7, 11) is 0. The average Bonchev–Trinajstić information content (AvgIpc) is 3.31. The molecule has 0 aliphatic carbocycles. The van der Waals surface area contributed by atoms with Crippen LogP contribution in [0.15, 0.2) is 53.0 Å². The van der Waals surface area contributed by atoms with E-state index in [2.05, 4.69) is 27.6 Å². The lowest BCUT2D eigenvalue weighted by Crippen LogP contribution is -2.38. The standard InChI is InChI=1S/C19H23N5OS2/c1-13(10-11-15-7-4-3-5-8-15)21-18(25)14(2)27-19-23-22-17(24(19)20)16-9-6-12-26-16/h3-9,12-14H,10-11,20H2,1-2H3,(H,21,25). The molecule has 3 N–H and O–H groups in total. The molecule has 2 heterocycles. The molecule has 0 aliphatic rings. The molecule has 1 amide bonds. The van der Waals surface area contributed by atoms with Crippen molar-refractivity contribution in [2.75, 3.05) is 5.84 Å². The second kappa shape index (κ2) is 9.05. The normalized spacial score (nSPS) is 13.3. The number of hydrogen-bond acceptors (Lipinski definition) is 6. The van der Waals surface area contributed by atoms with Gasteiger partial charge in [-0.25, -0.2) is 4.68 Å². The van der Waals surface area contributed by atoms with Gasteiger partial charge in [0.05, 0.1) is 10.1 Å². The van der Waals surface area contributed by atoms with E-state index in [1.165, 1.54) is 22.0 Å². The van der Waals surface area contributed by atoms with Crippen LogP contribution in [0.4, 0.5) is 0 Å². The van der Waals surface area contributed by atoms with Crippen LogP contribution in [0.25, 0.3) is 10.7 Å². The maximum Gasteiger partial charge on any atom is 0.233 e. The Morgan fingerprint density at radius 1 is 1.22 bits per heavy atom. The van der Waals surface area contributed by atoms with Gasteiger partial charge in [-0.1, -0.05) is 48.2 Å². The van der Waals surface area contributed by atoms with Gasteiger partial charge >= 0.3 is 0 Å². The molecule has 0 radical (unpaired) electrons. The van der Waals surface area contributed by atoms with Gasteiger partial charge in [-0.2, -0.15) is 0 Å². The molecule has 27 heavy (non-hydrogen) atoms. The molecule has 3 aromatic rings. The van der Waals surface area contributed by atoms with Crippen LogP contribution in [0.5, 0.6) is 0 Å². The van der Waals surface area contributed by atoms with Crippen molar-refractivity contribution in [2.24, 2.45) is 0 Å². The minimum atomic E-state index is -0.313. The zero-order chi connectivity index (χ0) is 19.2. The Morgan fingerprint density at radius 3 is 2.70 bits per heavy atom. The predicted molar refractivity (Wildman–Crippen MR) is 111 cm³/mol. The van der Waals surface area contributed by atoms with Gasteiger partial charge in [0.25, 0.3) is 0 Å². The number of carbonyl (C=O) groups excluding carboxylic acids is 1. The molecule has 0 aliphatic heterocycles. The molecule has 142 valence electrons. The summed E-state index contributed by atoms with van der Waals surface area (Å²) < 4.78 is 1.44. The molecule has 0 fully saturated rings. The van der Waals surface area contributed by atoms with Crippen molar-refractivity contribution in [3.05, 3.63) is 53.4 Å². The van der Waals surface area contributed by atoms with E-state index in [9.17, 15) is 4.79 Å². The maximum absolute atomic E-state index is 12.5. The van der Waals surface area contributed by atoms with Crippen LogP contribution in [0.1, 0.15) is 25.8 Å². The monoisotopic (exact) mass is 401 g/mol. The van der Waals surface area contributed by atoms with Crippen LogP contribution in [0, 0.1) is 0 Å². The molecule has 1 aromatic carbocycles. The third-order valence-electron chi connectivity index (χ3n) is 4.16. The van der Waals surface area contributed by atoms with E-state index in [4.69, 9.17) is 5.84 Å². The van der Waals surface area contributed by atoms with Crippen molar-refractivity contribution in [2.45, 2.75) is 43.1 Å². The highest BCUT2D eigenvalue weighted by Gasteiger charge is 2.21. The first-order chi connectivity index (χ1) is 13.0. The number of benzene rings is 1. The van der Waals surface area contributed by atoms with Gasteiger partial charge in [0.1, 0.15) is 0 Å². The van der Waals surface area contributed by atoms with E-state index in [0.717, 1.165) is 17.7 Å². The summed E-state index contributed by atoms with van der Waals surface area (Å²) in [5, 5.41) is 13.5. The maximum atomic E-state index is 12.5.